The number of aryl methyl sites for hydroxylation is 1. The number of aromatic nitrogens is 5. The monoisotopic (exact) mass is 343 g/mol. The summed E-state index contributed by atoms with van der Waals surface area (Å²) < 4.78 is 7.66. The topological polar surface area (TPSA) is 69.1 Å². The van der Waals surface area contributed by atoms with Gasteiger partial charge in [0.2, 0.25) is 5.89 Å². The van der Waals surface area contributed by atoms with Crippen molar-refractivity contribution in [3.8, 4) is 0 Å². The third-order valence-electron chi connectivity index (χ3n) is 3.20. The molecule has 4 aromatic heterocycles. The lowest BCUT2D eigenvalue weighted by Crippen LogP contribution is -1.88. The lowest BCUT2D eigenvalue weighted by atomic mass is 10.3. The highest BCUT2D eigenvalue weighted by molar-refractivity contribution is 7.98. The summed E-state index contributed by atoms with van der Waals surface area (Å²) in [4.78, 5) is 8.95. The number of pyridine rings is 1. The molecule has 23 heavy (non-hydrogen) atoms. The molecule has 0 saturated carbocycles. The Balaban J connectivity index is 1.41. The highest BCUT2D eigenvalue weighted by Gasteiger charge is 2.10. The Morgan fingerprint density at radius 3 is 3.00 bits per heavy atom. The normalized spacial score (nSPS) is 11.3. The van der Waals surface area contributed by atoms with Crippen molar-refractivity contribution >= 4 is 28.7 Å². The molecule has 4 heterocycles. The van der Waals surface area contributed by atoms with Crippen molar-refractivity contribution in [2.45, 2.75) is 24.3 Å². The molecule has 0 radical (unpaired) electrons. The minimum atomic E-state index is 0.559. The Morgan fingerprint density at radius 1 is 1.22 bits per heavy atom. The third kappa shape index (κ3) is 3.27. The summed E-state index contributed by atoms with van der Waals surface area (Å²) in [5.74, 6) is 1.28. The molecule has 0 atom stereocenters. The van der Waals surface area contributed by atoms with E-state index in [1.54, 1.807) is 11.3 Å². The molecule has 0 saturated heterocycles. The maximum atomic E-state index is 5.66. The summed E-state index contributed by atoms with van der Waals surface area (Å²) in [7, 11) is 0. The van der Waals surface area contributed by atoms with Gasteiger partial charge in [0.25, 0.3) is 5.22 Å². The summed E-state index contributed by atoms with van der Waals surface area (Å²) in [6, 6.07) is 5.94. The van der Waals surface area contributed by atoms with Crippen LogP contribution >= 0.6 is 23.1 Å². The standard InChI is InChI=1S/C15H13N5OS2/c1-10-16-11(8-22-10)6-14-18-19-15(21-14)23-9-12-7-20-5-3-2-4-13(20)17-12/h2-5,7-8H,6,9H2,1H3. The minimum Gasteiger partial charge on any atom is -0.416 e. The van der Waals surface area contributed by atoms with Gasteiger partial charge >= 0.3 is 0 Å². The largest absolute Gasteiger partial charge is 0.416 e. The fourth-order valence-corrected chi connectivity index (χ4v) is 3.48. The van der Waals surface area contributed by atoms with Gasteiger partial charge in [-0.05, 0) is 19.1 Å². The van der Waals surface area contributed by atoms with Crippen LogP contribution in [0.3, 0.4) is 0 Å². The summed E-state index contributed by atoms with van der Waals surface area (Å²) in [6.45, 7) is 1.98. The zero-order valence-electron chi connectivity index (χ0n) is 12.3. The number of imidazole rings is 1. The van der Waals surface area contributed by atoms with Gasteiger partial charge < -0.3 is 8.82 Å². The molecular formula is C15H13N5OS2. The highest BCUT2D eigenvalue weighted by Crippen LogP contribution is 2.22. The van der Waals surface area contributed by atoms with Gasteiger partial charge in [0.1, 0.15) is 5.65 Å². The Kier molecular flexibility index (Phi) is 3.84. The van der Waals surface area contributed by atoms with Gasteiger partial charge in [0, 0.05) is 23.5 Å². The fraction of sp³-hybridized carbons (Fsp3) is 0.200. The lowest BCUT2D eigenvalue weighted by Gasteiger charge is -1.92. The van der Waals surface area contributed by atoms with E-state index in [2.05, 4.69) is 20.2 Å². The van der Waals surface area contributed by atoms with Crippen LogP contribution in [-0.2, 0) is 12.2 Å². The summed E-state index contributed by atoms with van der Waals surface area (Å²) in [6.07, 6.45) is 4.57. The molecule has 0 aromatic carbocycles. The van der Waals surface area contributed by atoms with E-state index < -0.39 is 0 Å². The van der Waals surface area contributed by atoms with Crippen LogP contribution in [0.2, 0.25) is 0 Å². The van der Waals surface area contributed by atoms with Crippen molar-refractivity contribution < 1.29 is 4.42 Å². The first-order valence-corrected chi connectivity index (χ1v) is 8.91. The van der Waals surface area contributed by atoms with Crippen LogP contribution in [0.1, 0.15) is 22.3 Å². The van der Waals surface area contributed by atoms with Crippen molar-refractivity contribution in [2.24, 2.45) is 0 Å². The average Bonchev–Trinajstić information content (AvgIpc) is 3.25. The van der Waals surface area contributed by atoms with Gasteiger partial charge in [-0.1, -0.05) is 17.8 Å². The molecule has 0 N–H and O–H groups in total. The van der Waals surface area contributed by atoms with Crippen LogP contribution in [0.5, 0.6) is 0 Å². The van der Waals surface area contributed by atoms with E-state index in [1.807, 2.05) is 47.3 Å². The smallest absolute Gasteiger partial charge is 0.276 e. The highest BCUT2D eigenvalue weighted by atomic mass is 32.2. The van der Waals surface area contributed by atoms with Gasteiger partial charge in [0.15, 0.2) is 0 Å². The molecule has 116 valence electrons. The number of nitrogens with zero attached hydrogens (tertiary/aromatic N) is 5. The summed E-state index contributed by atoms with van der Waals surface area (Å²) >= 11 is 3.11. The molecule has 0 amide bonds. The second-order valence-electron chi connectivity index (χ2n) is 4.98. The molecule has 4 rings (SSSR count). The Hall–Kier alpha value is -2.19. The predicted molar refractivity (Wildman–Crippen MR) is 88.7 cm³/mol. The van der Waals surface area contributed by atoms with Crippen LogP contribution in [0, 0.1) is 6.92 Å². The number of thioether (sulfide) groups is 1. The first-order valence-electron chi connectivity index (χ1n) is 7.05. The first kappa shape index (κ1) is 14.4. The molecule has 8 heteroatoms. The number of rotatable bonds is 5. The van der Waals surface area contributed by atoms with E-state index >= 15 is 0 Å². The number of hydrogen-bond donors (Lipinski definition) is 0. The maximum absolute atomic E-state index is 5.66. The van der Waals surface area contributed by atoms with E-state index in [4.69, 9.17) is 4.42 Å². The second-order valence-corrected chi connectivity index (χ2v) is 6.97. The van der Waals surface area contributed by atoms with Gasteiger partial charge in [-0.2, -0.15) is 0 Å². The Bertz CT molecular complexity index is 909. The quantitative estimate of drug-likeness (QED) is 0.518. The Morgan fingerprint density at radius 2 is 2.17 bits per heavy atom. The molecule has 0 aliphatic rings. The van der Waals surface area contributed by atoms with Crippen LogP contribution in [0.15, 0.2) is 45.6 Å². The molecule has 4 aromatic rings. The van der Waals surface area contributed by atoms with E-state index in [0.29, 0.717) is 23.3 Å². The summed E-state index contributed by atoms with van der Waals surface area (Å²) in [5, 5.41) is 11.8. The van der Waals surface area contributed by atoms with Crippen LogP contribution < -0.4 is 0 Å². The molecule has 0 aliphatic heterocycles. The van der Waals surface area contributed by atoms with Crippen LogP contribution in [0.25, 0.3) is 5.65 Å². The van der Waals surface area contributed by atoms with Gasteiger partial charge in [0.05, 0.1) is 22.8 Å². The fourth-order valence-electron chi connectivity index (χ4n) is 2.20. The first-order chi connectivity index (χ1) is 11.3. The van der Waals surface area contributed by atoms with Gasteiger partial charge in [-0.15, -0.1) is 21.5 Å². The van der Waals surface area contributed by atoms with Crippen molar-refractivity contribution in [3.63, 3.8) is 0 Å². The summed E-state index contributed by atoms with van der Waals surface area (Å²) in [5.41, 5.74) is 2.89. The van der Waals surface area contributed by atoms with E-state index in [1.165, 1.54) is 11.8 Å². The zero-order chi connectivity index (χ0) is 15.6. The molecule has 0 aliphatic carbocycles. The molecule has 6 nitrogen and oxygen atoms in total. The minimum absolute atomic E-state index is 0.559. The second kappa shape index (κ2) is 6.13. The van der Waals surface area contributed by atoms with Crippen molar-refractivity contribution in [2.75, 3.05) is 0 Å². The van der Waals surface area contributed by atoms with E-state index in [-0.39, 0.29) is 0 Å². The number of fused-ring (bicyclic) bond motifs is 1. The van der Waals surface area contributed by atoms with E-state index in [0.717, 1.165) is 22.0 Å². The predicted octanol–water partition coefficient (Wildman–Crippen LogP) is 3.37. The van der Waals surface area contributed by atoms with E-state index in [9.17, 15) is 0 Å². The Labute approximate surface area is 140 Å². The third-order valence-corrected chi connectivity index (χ3v) is 4.88. The average molecular weight is 343 g/mol. The van der Waals surface area contributed by atoms with Crippen LogP contribution in [-0.4, -0.2) is 24.6 Å². The number of hydrogen-bond acceptors (Lipinski definition) is 7. The lowest BCUT2D eigenvalue weighted by molar-refractivity contribution is 0.419. The van der Waals surface area contributed by atoms with Crippen molar-refractivity contribution in [1.29, 1.82) is 0 Å². The number of thiazole rings is 1. The maximum Gasteiger partial charge on any atom is 0.276 e. The van der Waals surface area contributed by atoms with Gasteiger partial charge in [-0.25, -0.2) is 9.97 Å². The molecule has 0 bridgehead atoms. The van der Waals surface area contributed by atoms with Crippen LogP contribution in [0.4, 0.5) is 0 Å². The van der Waals surface area contributed by atoms with Gasteiger partial charge in [-0.3, -0.25) is 0 Å². The SMILES string of the molecule is Cc1nc(Cc2nnc(SCc3cn4ccccc4n3)o2)cs1. The molecule has 0 spiro atoms. The molecule has 0 fully saturated rings. The zero-order valence-corrected chi connectivity index (χ0v) is 14.0. The molecule has 0 unspecified atom stereocenters. The molecular weight excluding hydrogens is 330 g/mol. The van der Waals surface area contributed by atoms with Crippen molar-refractivity contribution in [3.05, 3.63) is 58.3 Å². The van der Waals surface area contributed by atoms with Crippen molar-refractivity contribution in [1.82, 2.24) is 24.6 Å².